The van der Waals surface area contributed by atoms with Crippen LogP contribution in [-0.4, -0.2) is 60.1 Å². The van der Waals surface area contributed by atoms with Gasteiger partial charge in [-0.2, -0.15) is 0 Å². The predicted octanol–water partition coefficient (Wildman–Crippen LogP) is 0.516. The zero-order valence-electron chi connectivity index (χ0n) is 17.8. The Bertz CT molecular complexity index is 1070. The molecular formula is C24H26N4O4. The third-order valence-corrected chi connectivity index (χ3v) is 6.33. The van der Waals surface area contributed by atoms with Crippen LogP contribution in [0.3, 0.4) is 0 Å². The highest BCUT2D eigenvalue weighted by Gasteiger charge is 2.52. The lowest BCUT2D eigenvalue weighted by molar-refractivity contribution is -0.132. The van der Waals surface area contributed by atoms with Crippen molar-refractivity contribution in [2.45, 2.75) is 25.4 Å². The van der Waals surface area contributed by atoms with Gasteiger partial charge in [0.1, 0.15) is 0 Å². The van der Waals surface area contributed by atoms with Crippen LogP contribution >= 0.6 is 0 Å². The quantitative estimate of drug-likeness (QED) is 0.633. The van der Waals surface area contributed by atoms with E-state index in [1.54, 1.807) is 31.2 Å². The molecule has 32 heavy (non-hydrogen) atoms. The minimum Gasteiger partial charge on any atom is -0.346 e. The lowest BCUT2D eigenvalue weighted by Gasteiger charge is -2.26. The Morgan fingerprint density at radius 1 is 1.12 bits per heavy atom. The van der Waals surface area contributed by atoms with E-state index in [9.17, 15) is 19.2 Å². The van der Waals surface area contributed by atoms with E-state index in [0.717, 1.165) is 5.56 Å². The number of nitrogens with zero attached hydrogens (tertiary/aromatic N) is 1. The summed E-state index contributed by atoms with van der Waals surface area (Å²) in [5.41, 5.74) is 6.69. The molecule has 2 aromatic carbocycles. The van der Waals surface area contributed by atoms with Crippen molar-refractivity contribution < 1.29 is 19.2 Å². The summed E-state index contributed by atoms with van der Waals surface area (Å²) in [6.07, 6.45) is 0.366. The number of fused-ring (bicyclic) bond motifs is 2. The van der Waals surface area contributed by atoms with Crippen LogP contribution in [0.15, 0.2) is 54.6 Å². The summed E-state index contributed by atoms with van der Waals surface area (Å²) in [6.45, 7) is 1.91. The molecule has 4 rings (SSSR count). The molecule has 0 aliphatic carbocycles. The highest BCUT2D eigenvalue weighted by Crippen LogP contribution is 2.37. The first-order valence-corrected chi connectivity index (χ1v) is 10.6. The molecule has 0 unspecified atom stereocenters. The van der Waals surface area contributed by atoms with Gasteiger partial charge in [0.25, 0.3) is 5.91 Å². The molecule has 2 heterocycles. The zero-order valence-corrected chi connectivity index (χ0v) is 17.8. The number of hydrogen-bond acceptors (Lipinski definition) is 5. The van der Waals surface area contributed by atoms with E-state index in [1.165, 1.54) is 4.90 Å². The number of carbonyl (C=O) groups is 4. The average Bonchev–Trinajstić information content (AvgIpc) is 3.11. The minimum absolute atomic E-state index is 0.163. The van der Waals surface area contributed by atoms with Crippen LogP contribution in [0.1, 0.15) is 33.2 Å². The summed E-state index contributed by atoms with van der Waals surface area (Å²) in [5, 5.41) is 5.50. The molecule has 8 heteroatoms. The molecule has 0 aromatic heterocycles. The second-order valence-electron chi connectivity index (χ2n) is 8.61. The van der Waals surface area contributed by atoms with Crippen molar-refractivity contribution in [1.29, 1.82) is 0 Å². The summed E-state index contributed by atoms with van der Waals surface area (Å²) in [6, 6.07) is 14.8. The van der Waals surface area contributed by atoms with Gasteiger partial charge < -0.3 is 21.3 Å². The SMILES string of the molecule is C[C@]12CN(C(=O)CNC(=O)[C@H](N)Cc3ccccc3)C[C@H]1NC(=O)c1ccccc1C2=O. The maximum absolute atomic E-state index is 13.3. The van der Waals surface area contributed by atoms with Crippen molar-refractivity contribution in [3.63, 3.8) is 0 Å². The van der Waals surface area contributed by atoms with Gasteiger partial charge >= 0.3 is 0 Å². The summed E-state index contributed by atoms with van der Waals surface area (Å²) in [5.74, 6) is -1.23. The second kappa shape index (κ2) is 8.55. The fraction of sp³-hybridized carbons (Fsp3) is 0.333. The van der Waals surface area contributed by atoms with E-state index in [1.807, 2.05) is 30.3 Å². The lowest BCUT2D eigenvalue weighted by Crippen LogP contribution is -2.47. The van der Waals surface area contributed by atoms with Crippen molar-refractivity contribution in [2.75, 3.05) is 19.6 Å². The first-order valence-electron chi connectivity index (χ1n) is 10.6. The van der Waals surface area contributed by atoms with Crippen molar-refractivity contribution in [3.8, 4) is 0 Å². The summed E-state index contributed by atoms with van der Waals surface area (Å²) < 4.78 is 0. The molecule has 3 amide bonds. The molecule has 0 bridgehead atoms. The van der Waals surface area contributed by atoms with Gasteiger partial charge in [0.05, 0.1) is 29.6 Å². The number of hydrogen-bond donors (Lipinski definition) is 3. The number of Topliss-reactive ketones (excluding diaryl/α,β-unsaturated/α-hetero) is 1. The van der Waals surface area contributed by atoms with Crippen LogP contribution in [0.5, 0.6) is 0 Å². The highest BCUT2D eigenvalue weighted by molar-refractivity contribution is 6.12. The lowest BCUT2D eigenvalue weighted by atomic mass is 9.78. The Hall–Kier alpha value is -3.52. The Labute approximate surface area is 186 Å². The molecule has 0 radical (unpaired) electrons. The van der Waals surface area contributed by atoms with Crippen LogP contribution in [0.4, 0.5) is 0 Å². The van der Waals surface area contributed by atoms with Gasteiger partial charge in [0, 0.05) is 18.7 Å². The van der Waals surface area contributed by atoms with E-state index in [2.05, 4.69) is 10.6 Å². The van der Waals surface area contributed by atoms with Gasteiger partial charge in [-0.05, 0) is 25.0 Å². The maximum atomic E-state index is 13.3. The topological polar surface area (TPSA) is 122 Å². The smallest absolute Gasteiger partial charge is 0.252 e. The van der Waals surface area contributed by atoms with Gasteiger partial charge in [-0.1, -0.05) is 48.5 Å². The van der Waals surface area contributed by atoms with Crippen LogP contribution < -0.4 is 16.4 Å². The maximum Gasteiger partial charge on any atom is 0.252 e. The summed E-state index contributed by atoms with van der Waals surface area (Å²) in [4.78, 5) is 52.5. The van der Waals surface area contributed by atoms with Crippen molar-refractivity contribution in [2.24, 2.45) is 11.1 Å². The third kappa shape index (κ3) is 4.01. The van der Waals surface area contributed by atoms with Crippen LogP contribution in [-0.2, 0) is 16.0 Å². The standard InChI is InChI=1S/C24H26N4O4/c1-24-14-28(13-19(24)27-22(31)17-10-6-5-9-16(17)21(24)30)20(29)12-26-23(32)18(25)11-15-7-3-2-4-8-15/h2-10,18-19H,11-14,25H2,1H3,(H,26,32)(H,27,31)/t18-,19-,24+/m1/s1. The predicted molar refractivity (Wildman–Crippen MR) is 118 cm³/mol. The van der Waals surface area contributed by atoms with Crippen LogP contribution in [0, 0.1) is 5.41 Å². The Balaban J connectivity index is 1.39. The number of nitrogens with one attached hydrogen (secondary N) is 2. The number of carbonyl (C=O) groups excluding carboxylic acids is 4. The third-order valence-electron chi connectivity index (χ3n) is 6.33. The molecule has 0 spiro atoms. The zero-order chi connectivity index (χ0) is 22.9. The molecule has 166 valence electrons. The average molecular weight is 434 g/mol. The first-order chi connectivity index (χ1) is 15.3. The number of ketones is 1. The Kier molecular flexibility index (Phi) is 5.80. The molecule has 3 atom stereocenters. The Morgan fingerprint density at radius 3 is 2.50 bits per heavy atom. The van der Waals surface area contributed by atoms with Crippen LogP contribution in [0.2, 0.25) is 0 Å². The van der Waals surface area contributed by atoms with Crippen molar-refractivity contribution in [1.82, 2.24) is 15.5 Å². The van der Waals surface area contributed by atoms with Gasteiger partial charge in [0.2, 0.25) is 11.8 Å². The van der Waals surface area contributed by atoms with E-state index >= 15 is 0 Å². The number of benzene rings is 2. The minimum atomic E-state index is -0.939. The molecule has 1 saturated heterocycles. The van der Waals surface area contributed by atoms with Gasteiger partial charge in [-0.15, -0.1) is 0 Å². The van der Waals surface area contributed by atoms with E-state index in [-0.39, 0.29) is 37.2 Å². The van der Waals surface area contributed by atoms with E-state index in [0.29, 0.717) is 17.5 Å². The molecule has 2 aliphatic rings. The highest BCUT2D eigenvalue weighted by atomic mass is 16.2. The van der Waals surface area contributed by atoms with Crippen molar-refractivity contribution in [3.05, 3.63) is 71.3 Å². The van der Waals surface area contributed by atoms with Crippen molar-refractivity contribution >= 4 is 23.5 Å². The van der Waals surface area contributed by atoms with Gasteiger partial charge in [-0.25, -0.2) is 0 Å². The summed E-state index contributed by atoms with van der Waals surface area (Å²) in [7, 11) is 0. The van der Waals surface area contributed by atoms with E-state index in [4.69, 9.17) is 5.73 Å². The van der Waals surface area contributed by atoms with Crippen LogP contribution in [0.25, 0.3) is 0 Å². The fourth-order valence-electron chi connectivity index (χ4n) is 4.41. The molecule has 0 saturated carbocycles. The molecule has 1 fully saturated rings. The Morgan fingerprint density at radius 2 is 1.78 bits per heavy atom. The second-order valence-corrected chi connectivity index (χ2v) is 8.61. The number of rotatable bonds is 5. The van der Waals surface area contributed by atoms with Gasteiger partial charge in [0.15, 0.2) is 5.78 Å². The van der Waals surface area contributed by atoms with E-state index < -0.39 is 23.4 Å². The normalized spacial score (nSPS) is 22.9. The van der Waals surface area contributed by atoms with Gasteiger partial charge in [-0.3, -0.25) is 19.2 Å². The molecule has 2 aliphatic heterocycles. The molecular weight excluding hydrogens is 408 g/mol. The largest absolute Gasteiger partial charge is 0.346 e. The number of likely N-dealkylation sites (tertiary alicyclic amines) is 1. The number of nitrogens with two attached hydrogens (primary N) is 1. The molecule has 8 nitrogen and oxygen atoms in total. The summed E-state index contributed by atoms with van der Waals surface area (Å²) >= 11 is 0. The monoisotopic (exact) mass is 434 g/mol. The number of amides is 3. The fourth-order valence-corrected chi connectivity index (χ4v) is 4.41. The molecule has 2 aromatic rings. The first kappa shape index (κ1) is 21.7. The molecule has 4 N–H and O–H groups in total.